The number of guanidine groups is 1. The molecule has 1 aromatic heterocycles. The Morgan fingerprint density at radius 2 is 2.00 bits per heavy atom. The molecule has 0 bridgehead atoms. The van der Waals surface area contributed by atoms with Gasteiger partial charge in [0.2, 0.25) is 5.91 Å². The first-order valence-corrected chi connectivity index (χ1v) is 9.10. The van der Waals surface area contributed by atoms with E-state index in [0.717, 1.165) is 24.9 Å². The molecule has 3 N–H and O–H groups in total. The summed E-state index contributed by atoms with van der Waals surface area (Å²) in [6, 6.07) is 10.5. The van der Waals surface area contributed by atoms with Crippen LogP contribution in [0.15, 0.2) is 47.7 Å². The fourth-order valence-corrected chi connectivity index (χ4v) is 2.61. The molecule has 1 amide bonds. The number of rotatable bonds is 8. The van der Waals surface area contributed by atoms with Gasteiger partial charge in [-0.15, -0.1) is 24.0 Å². The molecule has 0 saturated heterocycles. The minimum atomic E-state index is 0. The van der Waals surface area contributed by atoms with Crippen molar-refractivity contribution in [3.8, 4) is 0 Å². The largest absolute Gasteiger partial charge is 0.357 e. The van der Waals surface area contributed by atoms with Crippen molar-refractivity contribution in [2.75, 3.05) is 13.1 Å². The van der Waals surface area contributed by atoms with E-state index < -0.39 is 0 Å². The van der Waals surface area contributed by atoms with Crippen LogP contribution in [0, 0.1) is 0 Å². The van der Waals surface area contributed by atoms with E-state index >= 15 is 0 Å². The highest BCUT2D eigenvalue weighted by atomic mass is 127. The maximum atomic E-state index is 11.8. The van der Waals surface area contributed by atoms with Crippen molar-refractivity contribution in [1.29, 1.82) is 0 Å². The molecule has 1 aliphatic rings. The molecule has 1 aliphatic carbocycles. The number of aliphatic imine (C=N–C) groups is 1. The lowest BCUT2D eigenvalue weighted by Crippen LogP contribution is -2.43. The second kappa shape index (κ2) is 10.9. The predicted octanol–water partition coefficient (Wildman–Crippen LogP) is 1.88. The Bertz CT molecular complexity index is 742. The average Bonchev–Trinajstić information content (AvgIpc) is 3.30. The van der Waals surface area contributed by atoms with E-state index in [9.17, 15) is 4.79 Å². The van der Waals surface area contributed by atoms with Crippen molar-refractivity contribution in [2.45, 2.75) is 38.9 Å². The van der Waals surface area contributed by atoms with E-state index in [0.29, 0.717) is 25.1 Å². The van der Waals surface area contributed by atoms with Crippen LogP contribution in [0.25, 0.3) is 0 Å². The fourth-order valence-electron chi connectivity index (χ4n) is 2.61. The van der Waals surface area contributed by atoms with Gasteiger partial charge in [0.1, 0.15) is 0 Å². The van der Waals surface area contributed by atoms with Crippen LogP contribution in [0.5, 0.6) is 0 Å². The molecular weight excluding hydrogens is 455 g/mol. The molecule has 3 rings (SSSR count). The second-order valence-electron chi connectivity index (χ2n) is 6.36. The molecule has 7 nitrogen and oxygen atoms in total. The quantitative estimate of drug-likeness (QED) is 0.305. The maximum absolute atomic E-state index is 11.8. The molecule has 1 aromatic carbocycles. The van der Waals surface area contributed by atoms with Crippen LogP contribution in [0.2, 0.25) is 0 Å². The summed E-state index contributed by atoms with van der Waals surface area (Å²) in [6.45, 7) is 4.24. The Labute approximate surface area is 177 Å². The number of carbonyl (C=O) groups excluding carboxylic acids is 1. The first-order chi connectivity index (χ1) is 12.7. The molecule has 1 heterocycles. The first kappa shape index (κ1) is 21.2. The molecular formula is C19H27IN6O. The van der Waals surface area contributed by atoms with E-state index in [4.69, 9.17) is 0 Å². The number of halogens is 1. The highest BCUT2D eigenvalue weighted by Gasteiger charge is 2.22. The normalized spacial score (nSPS) is 13.6. The number of amides is 1. The van der Waals surface area contributed by atoms with Crippen LogP contribution in [-0.4, -0.2) is 40.8 Å². The zero-order valence-corrected chi connectivity index (χ0v) is 17.8. The van der Waals surface area contributed by atoms with E-state index in [1.54, 1.807) is 6.20 Å². The van der Waals surface area contributed by atoms with Gasteiger partial charge < -0.3 is 16.0 Å². The van der Waals surface area contributed by atoms with Crippen molar-refractivity contribution in [1.82, 2.24) is 25.7 Å². The maximum Gasteiger partial charge on any atom is 0.239 e. The van der Waals surface area contributed by atoms with Gasteiger partial charge in [-0.1, -0.05) is 24.3 Å². The highest BCUT2D eigenvalue weighted by molar-refractivity contribution is 14.0. The SMILES string of the molecule is CCNC(=NCc1ccccc1Cn1cccn1)NCC(=O)NC1CC1.I. The monoisotopic (exact) mass is 482 g/mol. The topological polar surface area (TPSA) is 83.3 Å². The third kappa shape index (κ3) is 7.20. The summed E-state index contributed by atoms with van der Waals surface area (Å²) in [7, 11) is 0. The summed E-state index contributed by atoms with van der Waals surface area (Å²) in [6.07, 6.45) is 5.91. The van der Waals surface area contributed by atoms with Gasteiger partial charge in [-0.2, -0.15) is 5.10 Å². The standard InChI is InChI=1S/C19H26N6O.HI/c1-2-20-19(22-13-18(26)24-17-8-9-17)21-12-15-6-3-4-7-16(15)14-25-11-5-10-23-25;/h3-7,10-11,17H,2,8-9,12-14H2,1H3,(H,24,26)(H2,20,21,22);1H. The molecule has 27 heavy (non-hydrogen) atoms. The minimum Gasteiger partial charge on any atom is -0.357 e. The lowest BCUT2D eigenvalue weighted by atomic mass is 10.1. The molecule has 0 radical (unpaired) electrons. The van der Waals surface area contributed by atoms with Crippen LogP contribution >= 0.6 is 24.0 Å². The minimum absolute atomic E-state index is 0. The third-order valence-corrected chi connectivity index (χ3v) is 4.12. The predicted molar refractivity (Wildman–Crippen MR) is 117 cm³/mol. The molecule has 1 saturated carbocycles. The van der Waals surface area contributed by atoms with Crippen LogP contribution in [0.3, 0.4) is 0 Å². The Morgan fingerprint density at radius 1 is 1.22 bits per heavy atom. The van der Waals surface area contributed by atoms with Gasteiger partial charge in [0.15, 0.2) is 5.96 Å². The van der Waals surface area contributed by atoms with Gasteiger partial charge in [0.05, 0.1) is 19.6 Å². The summed E-state index contributed by atoms with van der Waals surface area (Å²) in [4.78, 5) is 16.5. The number of nitrogens with zero attached hydrogens (tertiary/aromatic N) is 3. The Kier molecular flexibility index (Phi) is 8.56. The Hall–Kier alpha value is -2.10. The Balaban J connectivity index is 0.00000261. The van der Waals surface area contributed by atoms with Crippen LogP contribution in [0.1, 0.15) is 30.9 Å². The lowest BCUT2D eigenvalue weighted by Gasteiger charge is -2.12. The average molecular weight is 482 g/mol. The second-order valence-corrected chi connectivity index (χ2v) is 6.36. The van der Waals surface area contributed by atoms with Crippen molar-refractivity contribution in [3.05, 3.63) is 53.9 Å². The van der Waals surface area contributed by atoms with Crippen LogP contribution in [0.4, 0.5) is 0 Å². The number of carbonyl (C=O) groups is 1. The summed E-state index contributed by atoms with van der Waals surface area (Å²) >= 11 is 0. The van der Waals surface area contributed by atoms with E-state index in [2.05, 4.69) is 38.2 Å². The summed E-state index contributed by atoms with van der Waals surface area (Å²) in [5.41, 5.74) is 2.32. The summed E-state index contributed by atoms with van der Waals surface area (Å²) in [5.74, 6) is 0.657. The van der Waals surface area contributed by atoms with Crippen molar-refractivity contribution in [2.24, 2.45) is 4.99 Å². The number of aromatic nitrogens is 2. The van der Waals surface area contributed by atoms with Crippen LogP contribution in [-0.2, 0) is 17.9 Å². The molecule has 146 valence electrons. The smallest absolute Gasteiger partial charge is 0.239 e. The van der Waals surface area contributed by atoms with Gasteiger partial charge in [-0.3, -0.25) is 9.48 Å². The lowest BCUT2D eigenvalue weighted by molar-refractivity contribution is -0.120. The van der Waals surface area contributed by atoms with Gasteiger partial charge in [0.25, 0.3) is 0 Å². The summed E-state index contributed by atoms with van der Waals surface area (Å²) in [5, 5.41) is 13.5. The van der Waals surface area contributed by atoms with Crippen molar-refractivity contribution >= 4 is 35.8 Å². The number of nitrogens with one attached hydrogen (secondary N) is 3. The zero-order chi connectivity index (χ0) is 18.2. The van der Waals surface area contributed by atoms with E-state index in [1.807, 2.05) is 36.0 Å². The van der Waals surface area contributed by atoms with E-state index in [1.165, 1.54) is 5.56 Å². The Morgan fingerprint density at radius 3 is 2.67 bits per heavy atom. The molecule has 2 aromatic rings. The molecule has 0 aliphatic heterocycles. The molecule has 0 unspecified atom stereocenters. The number of hydrogen-bond acceptors (Lipinski definition) is 3. The molecule has 0 spiro atoms. The summed E-state index contributed by atoms with van der Waals surface area (Å²) < 4.78 is 1.90. The van der Waals surface area contributed by atoms with E-state index in [-0.39, 0.29) is 36.4 Å². The highest BCUT2D eigenvalue weighted by Crippen LogP contribution is 2.18. The van der Waals surface area contributed by atoms with Crippen molar-refractivity contribution < 1.29 is 4.79 Å². The fraction of sp³-hybridized carbons (Fsp3) is 0.421. The first-order valence-electron chi connectivity index (χ1n) is 9.10. The zero-order valence-electron chi connectivity index (χ0n) is 15.5. The van der Waals surface area contributed by atoms with Gasteiger partial charge >= 0.3 is 0 Å². The van der Waals surface area contributed by atoms with Crippen LogP contribution < -0.4 is 16.0 Å². The van der Waals surface area contributed by atoms with Gasteiger partial charge in [-0.25, -0.2) is 4.99 Å². The molecule has 0 atom stereocenters. The number of hydrogen-bond donors (Lipinski definition) is 3. The van der Waals surface area contributed by atoms with Crippen molar-refractivity contribution in [3.63, 3.8) is 0 Å². The molecule has 8 heteroatoms. The van der Waals surface area contributed by atoms with Gasteiger partial charge in [-0.05, 0) is 37.0 Å². The molecule has 1 fully saturated rings. The van der Waals surface area contributed by atoms with Gasteiger partial charge in [0, 0.05) is 25.0 Å². The number of benzene rings is 1. The third-order valence-electron chi connectivity index (χ3n) is 4.12.